The van der Waals surface area contributed by atoms with Gasteiger partial charge in [-0.15, -0.1) is 12.4 Å². The summed E-state index contributed by atoms with van der Waals surface area (Å²) in [6.45, 7) is 6.31. The average molecular weight is 267 g/mol. The summed E-state index contributed by atoms with van der Waals surface area (Å²) in [5.74, 6) is 0.0888. The normalized spacial score (nSPS) is 11.7. The first-order valence-corrected chi connectivity index (χ1v) is 6.26. The maximum Gasteiger partial charge on any atom is 0.220 e. The van der Waals surface area contributed by atoms with Gasteiger partial charge < -0.3 is 15.8 Å². The number of ether oxygens (including phenoxy) is 1. The SMILES string of the molecule is CCCCOCCCNC(=O)CCC(C)N.Cl. The summed E-state index contributed by atoms with van der Waals surface area (Å²) in [7, 11) is 0. The molecule has 5 heteroatoms. The van der Waals surface area contributed by atoms with E-state index >= 15 is 0 Å². The molecular formula is C12H27ClN2O2. The van der Waals surface area contributed by atoms with Gasteiger partial charge in [-0.25, -0.2) is 0 Å². The fourth-order valence-corrected chi connectivity index (χ4v) is 1.20. The Labute approximate surface area is 111 Å². The Morgan fingerprint density at radius 2 is 2.00 bits per heavy atom. The third kappa shape index (κ3) is 15.7. The first-order valence-electron chi connectivity index (χ1n) is 6.26. The highest BCUT2D eigenvalue weighted by Gasteiger charge is 2.02. The zero-order chi connectivity index (χ0) is 12.2. The van der Waals surface area contributed by atoms with Crippen LogP contribution in [-0.2, 0) is 9.53 Å². The Balaban J connectivity index is 0. The van der Waals surface area contributed by atoms with E-state index in [0.29, 0.717) is 13.0 Å². The predicted octanol–water partition coefficient (Wildman–Crippen LogP) is 1.86. The van der Waals surface area contributed by atoms with Crippen LogP contribution in [0.25, 0.3) is 0 Å². The van der Waals surface area contributed by atoms with Crippen molar-refractivity contribution in [1.29, 1.82) is 0 Å². The maximum atomic E-state index is 11.3. The molecule has 1 amide bonds. The fraction of sp³-hybridized carbons (Fsp3) is 0.917. The topological polar surface area (TPSA) is 64.3 Å². The van der Waals surface area contributed by atoms with Gasteiger partial charge in [-0.3, -0.25) is 4.79 Å². The molecule has 104 valence electrons. The molecule has 0 heterocycles. The van der Waals surface area contributed by atoms with Crippen LogP contribution in [0.15, 0.2) is 0 Å². The minimum atomic E-state index is 0. The molecule has 17 heavy (non-hydrogen) atoms. The van der Waals surface area contributed by atoms with Crippen LogP contribution in [0.5, 0.6) is 0 Å². The molecule has 0 bridgehead atoms. The molecule has 0 rings (SSSR count). The van der Waals surface area contributed by atoms with E-state index in [-0.39, 0.29) is 24.4 Å². The number of hydrogen-bond donors (Lipinski definition) is 2. The minimum Gasteiger partial charge on any atom is -0.381 e. The molecule has 0 saturated carbocycles. The van der Waals surface area contributed by atoms with E-state index in [1.54, 1.807) is 0 Å². The van der Waals surface area contributed by atoms with E-state index in [9.17, 15) is 4.79 Å². The van der Waals surface area contributed by atoms with E-state index in [1.807, 2.05) is 6.92 Å². The van der Waals surface area contributed by atoms with Crippen LogP contribution in [0.3, 0.4) is 0 Å². The van der Waals surface area contributed by atoms with Crippen LogP contribution in [0, 0.1) is 0 Å². The Morgan fingerprint density at radius 3 is 2.59 bits per heavy atom. The lowest BCUT2D eigenvalue weighted by Crippen LogP contribution is -2.27. The van der Waals surface area contributed by atoms with Gasteiger partial charge in [0.25, 0.3) is 0 Å². The highest BCUT2D eigenvalue weighted by atomic mass is 35.5. The van der Waals surface area contributed by atoms with E-state index in [2.05, 4.69) is 12.2 Å². The maximum absolute atomic E-state index is 11.3. The predicted molar refractivity (Wildman–Crippen MR) is 73.5 cm³/mol. The van der Waals surface area contributed by atoms with Crippen molar-refractivity contribution in [3.8, 4) is 0 Å². The van der Waals surface area contributed by atoms with Gasteiger partial charge in [-0.2, -0.15) is 0 Å². The van der Waals surface area contributed by atoms with Gasteiger partial charge in [0.2, 0.25) is 5.91 Å². The summed E-state index contributed by atoms with van der Waals surface area (Å²) in [4.78, 5) is 11.3. The molecule has 0 aromatic rings. The molecule has 1 atom stereocenters. The first-order chi connectivity index (χ1) is 7.66. The van der Waals surface area contributed by atoms with E-state index < -0.39 is 0 Å². The second-order valence-electron chi connectivity index (χ2n) is 4.19. The lowest BCUT2D eigenvalue weighted by Gasteiger charge is -2.07. The van der Waals surface area contributed by atoms with Gasteiger partial charge in [0.15, 0.2) is 0 Å². The highest BCUT2D eigenvalue weighted by molar-refractivity contribution is 5.85. The number of nitrogens with two attached hydrogens (primary N) is 1. The molecule has 4 nitrogen and oxygen atoms in total. The Morgan fingerprint density at radius 1 is 1.35 bits per heavy atom. The summed E-state index contributed by atoms with van der Waals surface area (Å²) in [6, 6.07) is 0.100. The molecule has 0 aliphatic heterocycles. The molecule has 1 unspecified atom stereocenters. The Bertz CT molecular complexity index is 178. The van der Waals surface area contributed by atoms with Crippen LogP contribution in [-0.4, -0.2) is 31.7 Å². The van der Waals surface area contributed by atoms with Crippen molar-refractivity contribution >= 4 is 18.3 Å². The third-order valence-corrected chi connectivity index (χ3v) is 2.26. The molecule has 0 fully saturated rings. The van der Waals surface area contributed by atoms with Gasteiger partial charge in [0.05, 0.1) is 0 Å². The van der Waals surface area contributed by atoms with Crippen molar-refractivity contribution in [3.05, 3.63) is 0 Å². The molecule has 0 aliphatic carbocycles. The summed E-state index contributed by atoms with van der Waals surface area (Å²) < 4.78 is 5.38. The number of carbonyl (C=O) groups is 1. The smallest absolute Gasteiger partial charge is 0.220 e. The summed E-state index contributed by atoms with van der Waals surface area (Å²) in [6.07, 6.45) is 4.43. The van der Waals surface area contributed by atoms with Gasteiger partial charge in [0, 0.05) is 32.2 Å². The molecule has 0 aliphatic rings. The monoisotopic (exact) mass is 266 g/mol. The quantitative estimate of drug-likeness (QED) is 0.593. The number of rotatable bonds is 10. The van der Waals surface area contributed by atoms with Crippen molar-refractivity contribution in [1.82, 2.24) is 5.32 Å². The average Bonchev–Trinajstić information content (AvgIpc) is 2.25. The first kappa shape index (κ1) is 19.0. The largest absolute Gasteiger partial charge is 0.381 e. The van der Waals surface area contributed by atoms with Gasteiger partial charge in [0.1, 0.15) is 0 Å². The standard InChI is InChI=1S/C12H26N2O2.ClH/c1-3-4-9-16-10-5-8-14-12(15)7-6-11(2)13;/h11H,3-10,13H2,1-2H3,(H,14,15);1H. The number of unbranched alkanes of at least 4 members (excludes halogenated alkanes) is 1. The molecule has 0 radical (unpaired) electrons. The fourth-order valence-electron chi connectivity index (χ4n) is 1.20. The van der Waals surface area contributed by atoms with Gasteiger partial charge in [-0.1, -0.05) is 13.3 Å². The zero-order valence-corrected chi connectivity index (χ0v) is 11.9. The van der Waals surface area contributed by atoms with Crippen molar-refractivity contribution in [2.75, 3.05) is 19.8 Å². The minimum absolute atomic E-state index is 0. The highest BCUT2D eigenvalue weighted by Crippen LogP contribution is 1.93. The molecule has 0 aromatic heterocycles. The zero-order valence-electron chi connectivity index (χ0n) is 11.0. The van der Waals surface area contributed by atoms with Crippen LogP contribution in [0.2, 0.25) is 0 Å². The molecule has 0 spiro atoms. The third-order valence-electron chi connectivity index (χ3n) is 2.26. The van der Waals surface area contributed by atoms with Gasteiger partial charge in [-0.05, 0) is 26.2 Å². The molecule has 0 saturated heterocycles. The van der Waals surface area contributed by atoms with Crippen molar-refractivity contribution in [3.63, 3.8) is 0 Å². The Hall–Kier alpha value is -0.320. The summed E-state index contributed by atoms with van der Waals surface area (Å²) in [5.41, 5.74) is 5.56. The number of nitrogens with one attached hydrogen (secondary N) is 1. The summed E-state index contributed by atoms with van der Waals surface area (Å²) in [5, 5.41) is 2.85. The van der Waals surface area contributed by atoms with Gasteiger partial charge >= 0.3 is 0 Å². The van der Waals surface area contributed by atoms with Crippen molar-refractivity contribution in [2.45, 2.75) is 52.0 Å². The molecular weight excluding hydrogens is 240 g/mol. The van der Waals surface area contributed by atoms with Crippen LogP contribution < -0.4 is 11.1 Å². The molecule has 0 aromatic carbocycles. The van der Waals surface area contributed by atoms with Crippen molar-refractivity contribution < 1.29 is 9.53 Å². The van der Waals surface area contributed by atoms with Crippen LogP contribution in [0.4, 0.5) is 0 Å². The number of amides is 1. The number of hydrogen-bond acceptors (Lipinski definition) is 3. The molecule has 3 N–H and O–H groups in total. The second kappa shape index (κ2) is 13.7. The van der Waals surface area contributed by atoms with Crippen molar-refractivity contribution in [2.24, 2.45) is 5.73 Å². The Kier molecular flexibility index (Phi) is 15.4. The van der Waals surface area contributed by atoms with E-state index in [1.165, 1.54) is 0 Å². The lowest BCUT2D eigenvalue weighted by molar-refractivity contribution is -0.121. The second-order valence-corrected chi connectivity index (χ2v) is 4.19. The number of halogens is 1. The number of carbonyl (C=O) groups excluding carboxylic acids is 1. The lowest BCUT2D eigenvalue weighted by atomic mass is 10.2. The van der Waals surface area contributed by atoms with E-state index in [0.717, 1.165) is 38.9 Å². The summed E-state index contributed by atoms with van der Waals surface area (Å²) >= 11 is 0. The van der Waals surface area contributed by atoms with E-state index in [4.69, 9.17) is 10.5 Å². The van der Waals surface area contributed by atoms with Crippen LogP contribution >= 0.6 is 12.4 Å². The van der Waals surface area contributed by atoms with Crippen LogP contribution in [0.1, 0.15) is 46.0 Å².